The molecule has 0 aromatic heterocycles. The van der Waals surface area contributed by atoms with Gasteiger partial charge in [0, 0.05) is 12.6 Å². The van der Waals surface area contributed by atoms with Gasteiger partial charge in [0.25, 0.3) is 0 Å². The molecule has 1 aromatic carbocycles. The standard InChI is InChI=1S/C15H22N2O.ClH/c1-10(2)11(3)17-15(18)14-8-12-6-4-5-7-13(12)9-16-14;/h4-7,10-11,14,16H,8-9H2,1-3H3,(H,17,18);1H. The van der Waals surface area contributed by atoms with E-state index in [9.17, 15) is 4.79 Å². The Morgan fingerprint density at radius 1 is 1.26 bits per heavy atom. The first kappa shape index (κ1) is 16.0. The number of hydrogen-bond acceptors (Lipinski definition) is 2. The molecule has 0 saturated heterocycles. The van der Waals surface area contributed by atoms with Crippen molar-refractivity contribution >= 4 is 18.3 Å². The van der Waals surface area contributed by atoms with E-state index in [2.05, 4.69) is 43.5 Å². The van der Waals surface area contributed by atoms with Crippen LogP contribution in [-0.4, -0.2) is 18.0 Å². The molecule has 1 aliphatic rings. The van der Waals surface area contributed by atoms with E-state index in [1.165, 1.54) is 11.1 Å². The van der Waals surface area contributed by atoms with Gasteiger partial charge in [0.1, 0.15) is 0 Å². The van der Waals surface area contributed by atoms with E-state index in [-0.39, 0.29) is 30.4 Å². The molecule has 0 radical (unpaired) electrons. The predicted octanol–water partition coefficient (Wildman–Crippen LogP) is 2.28. The molecule has 0 saturated carbocycles. The average molecular weight is 283 g/mol. The molecule has 106 valence electrons. The van der Waals surface area contributed by atoms with Crippen molar-refractivity contribution in [3.63, 3.8) is 0 Å². The zero-order valence-electron chi connectivity index (χ0n) is 11.8. The highest BCUT2D eigenvalue weighted by molar-refractivity contribution is 5.85. The van der Waals surface area contributed by atoms with Gasteiger partial charge in [-0.25, -0.2) is 0 Å². The number of amides is 1. The Kier molecular flexibility index (Phi) is 5.83. The molecule has 1 aromatic rings. The molecule has 19 heavy (non-hydrogen) atoms. The van der Waals surface area contributed by atoms with Gasteiger partial charge in [0.15, 0.2) is 0 Å². The lowest BCUT2D eigenvalue weighted by atomic mass is 9.95. The zero-order valence-corrected chi connectivity index (χ0v) is 12.6. The lowest BCUT2D eigenvalue weighted by molar-refractivity contribution is -0.124. The minimum Gasteiger partial charge on any atom is -0.352 e. The second-order valence-corrected chi connectivity index (χ2v) is 5.45. The van der Waals surface area contributed by atoms with Crippen molar-refractivity contribution in [1.29, 1.82) is 0 Å². The summed E-state index contributed by atoms with van der Waals surface area (Å²) in [6.45, 7) is 7.08. The third-order valence-corrected chi connectivity index (χ3v) is 3.77. The Morgan fingerprint density at radius 2 is 1.89 bits per heavy atom. The van der Waals surface area contributed by atoms with Crippen molar-refractivity contribution in [2.45, 2.75) is 45.8 Å². The Morgan fingerprint density at radius 3 is 2.53 bits per heavy atom. The highest BCUT2D eigenvalue weighted by Crippen LogP contribution is 2.16. The van der Waals surface area contributed by atoms with Crippen LogP contribution in [0.25, 0.3) is 0 Å². The molecule has 0 bridgehead atoms. The van der Waals surface area contributed by atoms with Gasteiger partial charge in [-0.1, -0.05) is 38.1 Å². The molecule has 3 nitrogen and oxygen atoms in total. The van der Waals surface area contributed by atoms with Crippen LogP contribution in [0.3, 0.4) is 0 Å². The van der Waals surface area contributed by atoms with Gasteiger partial charge in [0.05, 0.1) is 6.04 Å². The maximum Gasteiger partial charge on any atom is 0.237 e. The molecular weight excluding hydrogens is 260 g/mol. The van der Waals surface area contributed by atoms with Gasteiger partial charge in [-0.3, -0.25) is 4.79 Å². The lowest BCUT2D eigenvalue weighted by Gasteiger charge is -2.27. The van der Waals surface area contributed by atoms with E-state index in [0.29, 0.717) is 5.92 Å². The van der Waals surface area contributed by atoms with Crippen LogP contribution in [0.1, 0.15) is 31.9 Å². The monoisotopic (exact) mass is 282 g/mol. The SMILES string of the molecule is CC(C)C(C)NC(=O)C1Cc2ccccc2CN1.Cl. The molecular formula is C15H23ClN2O. The summed E-state index contributed by atoms with van der Waals surface area (Å²) in [5.74, 6) is 0.579. The first-order valence-electron chi connectivity index (χ1n) is 6.68. The Labute approximate surface area is 121 Å². The number of carbonyl (C=O) groups is 1. The van der Waals surface area contributed by atoms with Crippen molar-refractivity contribution in [2.24, 2.45) is 5.92 Å². The molecule has 1 heterocycles. The van der Waals surface area contributed by atoms with Crippen LogP contribution in [0.15, 0.2) is 24.3 Å². The lowest BCUT2D eigenvalue weighted by Crippen LogP contribution is -2.50. The molecule has 0 fully saturated rings. The van der Waals surface area contributed by atoms with E-state index < -0.39 is 0 Å². The summed E-state index contributed by atoms with van der Waals surface area (Å²) in [6, 6.07) is 8.44. The number of fused-ring (bicyclic) bond motifs is 1. The number of rotatable bonds is 3. The number of carbonyl (C=O) groups excluding carboxylic acids is 1. The minimum atomic E-state index is -0.0962. The molecule has 1 aliphatic heterocycles. The molecule has 2 atom stereocenters. The molecule has 0 spiro atoms. The molecule has 2 rings (SSSR count). The Hall–Kier alpha value is -1.06. The average Bonchev–Trinajstić information content (AvgIpc) is 2.37. The van der Waals surface area contributed by atoms with Crippen LogP contribution in [-0.2, 0) is 17.8 Å². The van der Waals surface area contributed by atoms with Crippen LogP contribution in [0.2, 0.25) is 0 Å². The normalized spacial score (nSPS) is 19.3. The van der Waals surface area contributed by atoms with E-state index in [4.69, 9.17) is 0 Å². The van der Waals surface area contributed by atoms with Crippen LogP contribution >= 0.6 is 12.4 Å². The van der Waals surface area contributed by atoms with Gasteiger partial charge in [-0.15, -0.1) is 12.4 Å². The fraction of sp³-hybridized carbons (Fsp3) is 0.533. The van der Waals surface area contributed by atoms with Crippen molar-refractivity contribution in [2.75, 3.05) is 0 Å². The smallest absolute Gasteiger partial charge is 0.237 e. The first-order chi connectivity index (χ1) is 8.58. The number of hydrogen-bond donors (Lipinski definition) is 2. The summed E-state index contributed by atoms with van der Waals surface area (Å²) < 4.78 is 0. The summed E-state index contributed by atoms with van der Waals surface area (Å²) >= 11 is 0. The van der Waals surface area contributed by atoms with Crippen molar-refractivity contribution in [3.8, 4) is 0 Å². The van der Waals surface area contributed by atoms with Crippen molar-refractivity contribution < 1.29 is 4.79 Å². The van der Waals surface area contributed by atoms with E-state index in [1.54, 1.807) is 0 Å². The number of benzene rings is 1. The zero-order chi connectivity index (χ0) is 13.1. The molecule has 1 amide bonds. The topological polar surface area (TPSA) is 41.1 Å². The van der Waals surface area contributed by atoms with Crippen LogP contribution in [0.4, 0.5) is 0 Å². The highest BCUT2D eigenvalue weighted by atomic mass is 35.5. The second kappa shape index (κ2) is 6.92. The van der Waals surface area contributed by atoms with Crippen LogP contribution in [0, 0.1) is 5.92 Å². The maximum atomic E-state index is 12.1. The van der Waals surface area contributed by atoms with Gasteiger partial charge >= 0.3 is 0 Å². The molecule has 0 aliphatic carbocycles. The largest absolute Gasteiger partial charge is 0.352 e. The Balaban J connectivity index is 0.00000180. The van der Waals surface area contributed by atoms with Gasteiger partial charge in [-0.05, 0) is 30.4 Å². The fourth-order valence-corrected chi connectivity index (χ4v) is 2.13. The quantitative estimate of drug-likeness (QED) is 0.893. The highest BCUT2D eigenvalue weighted by Gasteiger charge is 2.25. The van der Waals surface area contributed by atoms with E-state index >= 15 is 0 Å². The molecule has 2 N–H and O–H groups in total. The van der Waals surface area contributed by atoms with Crippen molar-refractivity contribution in [3.05, 3.63) is 35.4 Å². The van der Waals surface area contributed by atoms with E-state index in [1.807, 2.05) is 12.1 Å². The van der Waals surface area contributed by atoms with Gasteiger partial charge in [0.2, 0.25) is 5.91 Å². The Bertz CT molecular complexity index is 434. The number of nitrogens with one attached hydrogen (secondary N) is 2. The van der Waals surface area contributed by atoms with Crippen LogP contribution < -0.4 is 10.6 Å². The summed E-state index contributed by atoms with van der Waals surface area (Å²) in [6.07, 6.45) is 0.785. The summed E-state index contributed by atoms with van der Waals surface area (Å²) in [4.78, 5) is 12.1. The van der Waals surface area contributed by atoms with Crippen LogP contribution in [0.5, 0.6) is 0 Å². The third-order valence-electron chi connectivity index (χ3n) is 3.77. The molecule has 4 heteroatoms. The number of halogens is 1. The fourth-order valence-electron chi connectivity index (χ4n) is 2.13. The van der Waals surface area contributed by atoms with E-state index in [0.717, 1.165) is 13.0 Å². The van der Waals surface area contributed by atoms with Crippen molar-refractivity contribution in [1.82, 2.24) is 10.6 Å². The second-order valence-electron chi connectivity index (χ2n) is 5.45. The predicted molar refractivity (Wildman–Crippen MR) is 80.5 cm³/mol. The summed E-state index contributed by atoms with van der Waals surface area (Å²) in [5, 5.41) is 6.39. The third kappa shape index (κ3) is 3.95. The van der Waals surface area contributed by atoms with Gasteiger partial charge < -0.3 is 10.6 Å². The minimum absolute atomic E-state index is 0. The first-order valence-corrected chi connectivity index (χ1v) is 6.68. The maximum absolute atomic E-state index is 12.1. The molecule has 2 unspecified atom stereocenters. The van der Waals surface area contributed by atoms with Gasteiger partial charge in [-0.2, -0.15) is 0 Å². The summed E-state index contributed by atoms with van der Waals surface area (Å²) in [7, 11) is 0. The summed E-state index contributed by atoms with van der Waals surface area (Å²) in [5.41, 5.74) is 2.59.